The first-order valence-electron chi connectivity index (χ1n) is 6.82. The van der Waals surface area contributed by atoms with Crippen molar-refractivity contribution in [2.24, 2.45) is 0 Å². The molecule has 0 fully saturated rings. The number of carbonyl (C=O) groups is 1. The fraction of sp³-hybridized carbons (Fsp3) is 0.235. The first kappa shape index (κ1) is 15.1. The predicted octanol–water partition coefficient (Wildman–Crippen LogP) is 2.48. The van der Waals surface area contributed by atoms with Crippen molar-refractivity contribution >= 4 is 5.97 Å². The molecule has 21 heavy (non-hydrogen) atoms. The Morgan fingerprint density at radius 2 is 1.76 bits per heavy atom. The van der Waals surface area contributed by atoms with Crippen molar-refractivity contribution < 1.29 is 14.6 Å². The van der Waals surface area contributed by atoms with Crippen LogP contribution in [0.1, 0.15) is 11.1 Å². The summed E-state index contributed by atoms with van der Waals surface area (Å²) in [5.74, 6) is -0.0791. The van der Waals surface area contributed by atoms with Crippen molar-refractivity contribution in [3.8, 4) is 5.75 Å². The van der Waals surface area contributed by atoms with Gasteiger partial charge in [0, 0.05) is 6.54 Å². The van der Waals surface area contributed by atoms with E-state index in [0.29, 0.717) is 13.0 Å². The summed E-state index contributed by atoms with van der Waals surface area (Å²) in [5, 5.41) is 12.4. The molecule has 0 aliphatic heterocycles. The summed E-state index contributed by atoms with van der Waals surface area (Å²) < 4.78 is 5.09. The van der Waals surface area contributed by atoms with Gasteiger partial charge in [0.05, 0.1) is 7.11 Å². The Hall–Kier alpha value is -2.33. The third kappa shape index (κ3) is 4.61. The molecule has 2 aromatic carbocycles. The van der Waals surface area contributed by atoms with Crippen LogP contribution in [0.5, 0.6) is 5.75 Å². The second-order valence-corrected chi connectivity index (χ2v) is 4.81. The first-order chi connectivity index (χ1) is 10.2. The average Bonchev–Trinajstić information content (AvgIpc) is 2.52. The lowest BCUT2D eigenvalue weighted by atomic mass is 10.1. The van der Waals surface area contributed by atoms with Gasteiger partial charge in [-0.05, 0) is 29.7 Å². The van der Waals surface area contributed by atoms with Crippen LogP contribution in [-0.2, 0) is 17.8 Å². The number of aliphatic carboxylic acids is 1. The molecule has 1 unspecified atom stereocenters. The summed E-state index contributed by atoms with van der Waals surface area (Å²) in [4.78, 5) is 11.4. The van der Waals surface area contributed by atoms with Gasteiger partial charge in [0.15, 0.2) is 0 Å². The molecule has 0 saturated carbocycles. The minimum absolute atomic E-state index is 0.437. The van der Waals surface area contributed by atoms with E-state index in [1.54, 1.807) is 7.11 Å². The molecular formula is C17H19NO3. The van der Waals surface area contributed by atoms with Crippen LogP contribution in [0, 0.1) is 0 Å². The minimum atomic E-state index is -0.846. The first-order valence-corrected chi connectivity index (χ1v) is 6.82. The highest BCUT2D eigenvalue weighted by molar-refractivity contribution is 5.73. The number of hydrogen-bond donors (Lipinski definition) is 2. The maximum atomic E-state index is 11.4. The molecule has 0 heterocycles. The Kier molecular flexibility index (Phi) is 5.35. The SMILES string of the molecule is COc1ccc(CC(NCc2ccccc2)C(=O)O)cc1. The number of carboxylic acids is 1. The summed E-state index contributed by atoms with van der Waals surface area (Å²) in [6.45, 7) is 0.536. The van der Waals surface area contributed by atoms with Gasteiger partial charge in [-0.15, -0.1) is 0 Å². The Morgan fingerprint density at radius 1 is 1.10 bits per heavy atom. The van der Waals surface area contributed by atoms with E-state index in [1.165, 1.54) is 0 Å². The van der Waals surface area contributed by atoms with E-state index in [9.17, 15) is 9.90 Å². The van der Waals surface area contributed by atoms with Gasteiger partial charge in [0.25, 0.3) is 0 Å². The van der Waals surface area contributed by atoms with Crippen LogP contribution in [0.25, 0.3) is 0 Å². The van der Waals surface area contributed by atoms with Gasteiger partial charge in [-0.2, -0.15) is 0 Å². The predicted molar refractivity (Wildman–Crippen MR) is 81.4 cm³/mol. The number of methoxy groups -OCH3 is 1. The van der Waals surface area contributed by atoms with Crippen molar-refractivity contribution in [3.05, 3.63) is 65.7 Å². The number of ether oxygens (including phenoxy) is 1. The van der Waals surface area contributed by atoms with Crippen molar-refractivity contribution in [1.29, 1.82) is 0 Å². The second-order valence-electron chi connectivity index (χ2n) is 4.81. The number of carboxylic acid groups (broad SMARTS) is 1. The van der Waals surface area contributed by atoms with E-state index in [0.717, 1.165) is 16.9 Å². The van der Waals surface area contributed by atoms with Crippen LogP contribution in [0.2, 0.25) is 0 Å². The fourth-order valence-corrected chi connectivity index (χ4v) is 2.08. The van der Waals surface area contributed by atoms with Crippen molar-refractivity contribution in [1.82, 2.24) is 5.32 Å². The number of hydrogen-bond acceptors (Lipinski definition) is 3. The molecule has 2 N–H and O–H groups in total. The van der Waals surface area contributed by atoms with Gasteiger partial charge < -0.3 is 15.2 Å². The normalized spacial score (nSPS) is 11.9. The van der Waals surface area contributed by atoms with E-state index in [4.69, 9.17) is 4.74 Å². The van der Waals surface area contributed by atoms with Crippen molar-refractivity contribution in [2.45, 2.75) is 19.0 Å². The molecule has 0 radical (unpaired) electrons. The maximum absolute atomic E-state index is 11.4. The van der Waals surface area contributed by atoms with Gasteiger partial charge in [-0.25, -0.2) is 0 Å². The Morgan fingerprint density at radius 3 is 2.33 bits per heavy atom. The monoisotopic (exact) mass is 285 g/mol. The minimum Gasteiger partial charge on any atom is -0.497 e. The molecular weight excluding hydrogens is 266 g/mol. The van der Waals surface area contributed by atoms with E-state index in [1.807, 2.05) is 54.6 Å². The molecule has 0 aromatic heterocycles. The Bertz CT molecular complexity index is 566. The summed E-state index contributed by atoms with van der Waals surface area (Å²) in [6.07, 6.45) is 0.437. The highest BCUT2D eigenvalue weighted by Gasteiger charge is 2.17. The zero-order valence-corrected chi connectivity index (χ0v) is 12.0. The van der Waals surface area contributed by atoms with Crippen LogP contribution in [0.15, 0.2) is 54.6 Å². The average molecular weight is 285 g/mol. The smallest absolute Gasteiger partial charge is 0.321 e. The molecule has 2 aromatic rings. The van der Waals surface area contributed by atoms with E-state index >= 15 is 0 Å². The molecule has 1 atom stereocenters. The van der Waals surface area contributed by atoms with E-state index in [-0.39, 0.29) is 0 Å². The summed E-state index contributed by atoms with van der Waals surface area (Å²) in [5.41, 5.74) is 2.03. The van der Waals surface area contributed by atoms with Gasteiger partial charge >= 0.3 is 5.97 Å². The van der Waals surface area contributed by atoms with Crippen LogP contribution in [-0.4, -0.2) is 24.2 Å². The van der Waals surface area contributed by atoms with Crippen LogP contribution in [0.4, 0.5) is 0 Å². The van der Waals surface area contributed by atoms with Gasteiger partial charge in [-0.3, -0.25) is 4.79 Å². The summed E-state index contributed by atoms with van der Waals surface area (Å²) in [7, 11) is 1.61. The molecule has 2 rings (SSSR count). The lowest BCUT2D eigenvalue weighted by molar-refractivity contribution is -0.139. The molecule has 0 saturated heterocycles. The quantitative estimate of drug-likeness (QED) is 0.820. The summed E-state index contributed by atoms with van der Waals surface area (Å²) >= 11 is 0. The Labute approximate surface area is 124 Å². The lowest BCUT2D eigenvalue weighted by Gasteiger charge is -2.15. The highest BCUT2D eigenvalue weighted by atomic mass is 16.5. The van der Waals surface area contributed by atoms with Gasteiger partial charge in [0.1, 0.15) is 11.8 Å². The van der Waals surface area contributed by atoms with E-state index < -0.39 is 12.0 Å². The highest BCUT2D eigenvalue weighted by Crippen LogP contribution is 2.13. The maximum Gasteiger partial charge on any atom is 0.321 e. The van der Waals surface area contributed by atoms with Gasteiger partial charge in [-0.1, -0.05) is 42.5 Å². The molecule has 0 amide bonds. The lowest BCUT2D eigenvalue weighted by Crippen LogP contribution is -2.38. The topological polar surface area (TPSA) is 58.6 Å². The van der Waals surface area contributed by atoms with E-state index in [2.05, 4.69) is 5.32 Å². The molecule has 0 aliphatic carbocycles. The molecule has 0 spiro atoms. The number of nitrogens with one attached hydrogen (secondary N) is 1. The standard InChI is InChI=1S/C17H19NO3/c1-21-15-9-7-13(8-10-15)11-16(17(19)20)18-12-14-5-3-2-4-6-14/h2-10,16,18H,11-12H2,1H3,(H,19,20). The number of benzene rings is 2. The van der Waals surface area contributed by atoms with Crippen LogP contribution < -0.4 is 10.1 Å². The molecule has 110 valence electrons. The third-order valence-corrected chi connectivity index (χ3v) is 3.29. The largest absolute Gasteiger partial charge is 0.497 e. The zero-order valence-electron chi connectivity index (χ0n) is 12.0. The summed E-state index contributed by atoms with van der Waals surface area (Å²) in [6, 6.07) is 16.6. The second kappa shape index (κ2) is 7.45. The van der Waals surface area contributed by atoms with Gasteiger partial charge in [0.2, 0.25) is 0 Å². The molecule has 0 bridgehead atoms. The Balaban J connectivity index is 1.96. The molecule has 4 nitrogen and oxygen atoms in total. The molecule has 0 aliphatic rings. The zero-order chi connectivity index (χ0) is 15.1. The van der Waals surface area contributed by atoms with Crippen LogP contribution >= 0.6 is 0 Å². The molecule has 4 heteroatoms. The third-order valence-electron chi connectivity index (χ3n) is 3.29. The van der Waals surface area contributed by atoms with Crippen LogP contribution in [0.3, 0.4) is 0 Å². The van der Waals surface area contributed by atoms with Crippen molar-refractivity contribution in [2.75, 3.05) is 7.11 Å². The number of rotatable bonds is 7. The van der Waals surface area contributed by atoms with Crippen molar-refractivity contribution in [3.63, 3.8) is 0 Å². The fourth-order valence-electron chi connectivity index (χ4n) is 2.08.